The van der Waals surface area contributed by atoms with E-state index >= 15 is 0 Å². The third kappa shape index (κ3) is 1.61. The summed E-state index contributed by atoms with van der Waals surface area (Å²) >= 11 is 0. The van der Waals surface area contributed by atoms with Gasteiger partial charge >= 0.3 is 5.97 Å². The van der Waals surface area contributed by atoms with Gasteiger partial charge in [-0.05, 0) is 6.07 Å². The highest BCUT2D eigenvalue weighted by Crippen LogP contribution is 2.09. The van der Waals surface area contributed by atoms with Gasteiger partial charge in [-0.1, -0.05) is 18.2 Å². The number of hydrogen-bond acceptors (Lipinski definition) is 1. The van der Waals surface area contributed by atoms with E-state index in [1.807, 2.05) is 0 Å². The molecule has 3 heteroatoms. The Balaban J connectivity index is 3.10. The Morgan fingerprint density at radius 3 is 2.75 bits per heavy atom. The summed E-state index contributed by atoms with van der Waals surface area (Å²) in [6.45, 7) is 6.74. The van der Waals surface area contributed by atoms with Crippen LogP contribution in [-0.2, 0) is 6.54 Å². The predicted molar refractivity (Wildman–Crippen MR) is 43.7 cm³/mol. The van der Waals surface area contributed by atoms with Crippen molar-refractivity contribution in [2.75, 3.05) is 0 Å². The lowest BCUT2D eigenvalue weighted by Gasteiger charge is -1.97. The fraction of sp³-hybridized carbons (Fsp3) is 0.111. The number of carbonyl (C=O) groups is 1. The summed E-state index contributed by atoms with van der Waals surface area (Å²) in [5.74, 6) is -0.978. The van der Waals surface area contributed by atoms with E-state index in [9.17, 15) is 4.79 Å². The van der Waals surface area contributed by atoms with Crippen molar-refractivity contribution in [3.8, 4) is 0 Å². The van der Waals surface area contributed by atoms with Crippen molar-refractivity contribution < 1.29 is 9.90 Å². The highest BCUT2D eigenvalue weighted by molar-refractivity contribution is 5.89. The van der Waals surface area contributed by atoms with Gasteiger partial charge in [0.1, 0.15) is 0 Å². The van der Waals surface area contributed by atoms with E-state index < -0.39 is 5.97 Å². The van der Waals surface area contributed by atoms with Crippen molar-refractivity contribution in [2.45, 2.75) is 6.54 Å². The van der Waals surface area contributed by atoms with Gasteiger partial charge in [0.05, 0.1) is 5.56 Å². The largest absolute Gasteiger partial charge is 0.478 e. The summed E-state index contributed by atoms with van der Waals surface area (Å²) in [6.07, 6.45) is 0. The van der Waals surface area contributed by atoms with Crippen LogP contribution in [0, 0.1) is 6.57 Å². The van der Waals surface area contributed by atoms with Crippen LogP contribution in [0.25, 0.3) is 4.85 Å². The Morgan fingerprint density at radius 1 is 1.50 bits per heavy atom. The fourth-order valence-electron chi connectivity index (χ4n) is 0.952. The molecule has 0 aliphatic heterocycles. The molecule has 0 aliphatic carbocycles. The number of carboxylic acid groups (broad SMARTS) is 1. The minimum absolute atomic E-state index is 0.127. The molecule has 0 radical (unpaired) electrons. The molecule has 0 unspecified atom stereocenters. The average molecular weight is 161 g/mol. The van der Waals surface area contributed by atoms with Crippen molar-refractivity contribution in [3.63, 3.8) is 0 Å². The second kappa shape index (κ2) is 3.54. The number of nitrogens with zero attached hydrogens (tertiary/aromatic N) is 1. The molecule has 0 saturated carbocycles. The Hall–Kier alpha value is -1.82. The molecule has 3 nitrogen and oxygen atoms in total. The van der Waals surface area contributed by atoms with Gasteiger partial charge in [0, 0.05) is 5.56 Å². The molecule has 1 aromatic rings. The van der Waals surface area contributed by atoms with Gasteiger partial charge in [-0.25, -0.2) is 11.4 Å². The molecule has 1 N–H and O–H groups in total. The third-order valence-electron chi connectivity index (χ3n) is 1.50. The molecule has 1 rings (SSSR count). The minimum Gasteiger partial charge on any atom is -0.478 e. The minimum atomic E-state index is -0.978. The van der Waals surface area contributed by atoms with Crippen molar-refractivity contribution >= 4 is 5.97 Å². The van der Waals surface area contributed by atoms with Crippen LogP contribution in [0.4, 0.5) is 0 Å². The van der Waals surface area contributed by atoms with Crippen molar-refractivity contribution in [1.29, 1.82) is 0 Å². The standard InChI is InChI=1S/C9H7NO2/c1-10-6-7-4-2-3-5-8(7)9(11)12/h2-5H,6H2,(H,11,12). The number of carboxylic acids is 1. The number of benzene rings is 1. The lowest BCUT2D eigenvalue weighted by atomic mass is 10.1. The molecule has 1 aromatic carbocycles. The third-order valence-corrected chi connectivity index (χ3v) is 1.50. The van der Waals surface area contributed by atoms with Crippen molar-refractivity contribution in [2.24, 2.45) is 0 Å². The van der Waals surface area contributed by atoms with E-state index in [1.165, 1.54) is 6.07 Å². The topological polar surface area (TPSA) is 41.7 Å². The van der Waals surface area contributed by atoms with Gasteiger partial charge in [0.15, 0.2) is 0 Å². The Kier molecular flexibility index (Phi) is 2.44. The number of aromatic carboxylic acids is 1. The SMILES string of the molecule is [C-]#[N+]Cc1ccccc1C(=O)O. The quantitative estimate of drug-likeness (QED) is 0.672. The maximum Gasteiger partial charge on any atom is 0.336 e. The van der Waals surface area contributed by atoms with Gasteiger partial charge in [0.25, 0.3) is 0 Å². The molecule has 0 bridgehead atoms. The molecular formula is C9H7NO2. The molecular weight excluding hydrogens is 154 g/mol. The fourth-order valence-corrected chi connectivity index (χ4v) is 0.952. The van der Waals surface area contributed by atoms with Crippen LogP contribution in [0.1, 0.15) is 15.9 Å². The zero-order valence-electron chi connectivity index (χ0n) is 6.32. The van der Waals surface area contributed by atoms with E-state index in [4.69, 9.17) is 11.7 Å². The Bertz CT molecular complexity index is 339. The molecule has 12 heavy (non-hydrogen) atoms. The first kappa shape index (κ1) is 8.28. The summed E-state index contributed by atoms with van der Waals surface area (Å²) in [6, 6.07) is 6.54. The molecule has 60 valence electrons. The van der Waals surface area contributed by atoms with Crippen LogP contribution in [0.5, 0.6) is 0 Å². The first-order chi connectivity index (χ1) is 5.75. The summed E-state index contributed by atoms with van der Waals surface area (Å²) in [5, 5.41) is 8.69. The summed E-state index contributed by atoms with van der Waals surface area (Å²) in [7, 11) is 0. The van der Waals surface area contributed by atoms with Crippen molar-refractivity contribution in [1.82, 2.24) is 0 Å². The molecule has 0 spiro atoms. The Morgan fingerprint density at radius 2 is 2.17 bits per heavy atom. The lowest BCUT2D eigenvalue weighted by molar-refractivity contribution is 0.0696. The van der Waals surface area contributed by atoms with Gasteiger partial charge in [-0.3, -0.25) is 0 Å². The molecule has 0 atom stereocenters. The smallest absolute Gasteiger partial charge is 0.336 e. The molecule has 0 aliphatic rings. The molecule has 0 amide bonds. The summed E-state index contributed by atoms with van der Waals surface area (Å²) in [5.41, 5.74) is 0.786. The van der Waals surface area contributed by atoms with Crippen LogP contribution < -0.4 is 0 Å². The van der Waals surface area contributed by atoms with Gasteiger partial charge in [-0.15, -0.1) is 0 Å². The highest BCUT2D eigenvalue weighted by Gasteiger charge is 2.09. The van der Waals surface area contributed by atoms with E-state index in [0.29, 0.717) is 5.56 Å². The predicted octanol–water partition coefficient (Wildman–Crippen LogP) is 1.80. The summed E-state index contributed by atoms with van der Waals surface area (Å²) < 4.78 is 0. The van der Waals surface area contributed by atoms with E-state index in [0.717, 1.165) is 0 Å². The molecule has 0 saturated heterocycles. The maximum atomic E-state index is 10.6. The first-order valence-corrected chi connectivity index (χ1v) is 3.40. The molecule has 0 aromatic heterocycles. The lowest BCUT2D eigenvalue weighted by Crippen LogP contribution is -2.00. The van der Waals surface area contributed by atoms with E-state index in [2.05, 4.69) is 4.85 Å². The molecule has 0 fully saturated rings. The Labute approximate surface area is 70.1 Å². The normalized spacial score (nSPS) is 8.92. The maximum absolute atomic E-state index is 10.6. The van der Waals surface area contributed by atoms with Gasteiger partial charge in [-0.2, -0.15) is 0 Å². The van der Waals surface area contributed by atoms with Gasteiger partial charge < -0.3 is 9.95 Å². The highest BCUT2D eigenvalue weighted by atomic mass is 16.4. The van der Waals surface area contributed by atoms with E-state index in [-0.39, 0.29) is 12.1 Å². The van der Waals surface area contributed by atoms with Crippen LogP contribution in [-0.4, -0.2) is 11.1 Å². The van der Waals surface area contributed by atoms with Crippen LogP contribution in [0.3, 0.4) is 0 Å². The zero-order chi connectivity index (χ0) is 8.97. The first-order valence-electron chi connectivity index (χ1n) is 3.40. The zero-order valence-corrected chi connectivity index (χ0v) is 6.32. The van der Waals surface area contributed by atoms with Crippen LogP contribution >= 0.6 is 0 Å². The second-order valence-corrected chi connectivity index (χ2v) is 2.28. The van der Waals surface area contributed by atoms with Gasteiger partial charge in [0.2, 0.25) is 6.54 Å². The van der Waals surface area contributed by atoms with Crippen molar-refractivity contribution in [3.05, 3.63) is 46.8 Å². The second-order valence-electron chi connectivity index (χ2n) is 2.28. The van der Waals surface area contributed by atoms with Crippen LogP contribution in [0.2, 0.25) is 0 Å². The number of hydrogen-bond donors (Lipinski definition) is 1. The van der Waals surface area contributed by atoms with E-state index in [1.54, 1.807) is 18.2 Å². The monoisotopic (exact) mass is 161 g/mol. The molecule has 0 heterocycles. The number of rotatable bonds is 2. The van der Waals surface area contributed by atoms with Crippen LogP contribution in [0.15, 0.2) is 24.3 Å². The average Bonchev–Trinajstić information content (AvgIpc) is 2.05. The summed E-state index contributed by atoms with van der Waals surface area (Å²) in [4.78, 5) is 13.7.